The molecule has 0 saturated carbocycles. The van der Waals surface area contributed by atoms with E-state index in [0.29, 0.717) is 17.7 Å². The predicted molar refractivity (Wildman–Crippen MR) is 89.8 cm³/mol. The maximum absolute atomic E-state index is 12.3. The Morgan fingerprint density at radius 2 is 1.50 bits per heavy atom. The van der Waals surface area contributed by atoms with Crippen LogP contribution in [0.1, 0.15) is 26.3 Å². The van der Waals surface area contributed by atoms with E-state index in [2.05, 4.69) is 11.9 Å². The SMILES string of the molecule is C=CCNC(=O)COC(=O)c1ccc(C(=O)c2ccccc2)cc1. The van der Waals surface area contributed by atoms with Gasteiger partial charge in [-0.1, -0.05) is 48.5 Å². The van der Waals surface area contributed by atoms with Gasteiger partial charge in [0.15, 0.2) is 12.4 Å². The quantitative estimate of drug-likeness (QED) is 0.482. The van der Waals surface area contributed by atoms with Gasteiger partial charge in [0.05, 0.1) is 5.56 Å². The van der Waals surface area contributed by atoms with E-state index in [1.165, 1.54) is 18.2 Å². The van der Waals surface area contributed by atoms with Crippen molar-refractivity contribution in [3.8, 4) is 0 Å². The van der Waals surface area contributed by atoms with E-state index in [1.807, 2.05) is 6.07 Å². The Morgan fingerprint density at radius 3 is 2.12 bits per heavy atom. The minimum Gasteiger partial charge on any atom is -0.452 e. The van der Waals surface area contributed by atoms with Crippen LogP contribution < -0.4 is 5.32 Å². The number of carbonyl (C=O) groups is 3. The second kappa shape index (κ2) is 8.43. The number of ether oxygens (including phenoxy) is 1. The Labute approximate surface area is 140 Å². The molecule has 5 heteroatoms. The molecule has 0 bridgehead atoms. The van der Waals surface area contributed by atoms with Gasteiger partial charge in [0, 0.05) is 17.7 Å². The summed E-state index contributed by atoms with van der Waals surface area (Å²) in [6, 6.07) is 15.0. The van der Waals surface area contributed by atoms with Crippen molar-refractivity contribution in [3.05, 3.63) is 83.9 Å². The molecule has 1 N–H and O–H groups in total. The largest absolute Gasteiger partial charge is 0.452 e. The first-order chi connectivity index (χ1) is 11.6. The summed E-state index contributed by atoms with van der Waals surface area (Å²) in [5.74, 6) is -1.15. The molecule has 0 heterocycles. The van der Waals surface area contributed by atoms with E-state index in [1.54, 1.807) is 36.4 Å². The van der Waals surface area contributed by atoms with E-state index in [4.69, 9.17) is 4.74 Å². The molecule has 0 aliphatic carbocycles. The molecule has 0 aliphatic heterocycles. The van der Waals surface area contributed by atoms with Crippen molar-refractivity contribution < 1.29 is 19.1 Å². The molecule has 24 heavy (non-hydrogen) atoms. The molecule has 2 aromatic carbocycles. The van der Waals surface area contributed by atoms with Crippen molar-refractivity contribution >= 4 is 17.7 Å². The Bertz CT molecular complexity index is 736. The van der Waals surface area contributed by atoms with Crippen molar-refractivity contribution in [1.82, 2.24) is 5.32 Å². The first-order valence-electron chi connectivity index (χ1n) is 7.36. The van der Waals surface area contributed by atoms with Crippen LogP contribution in [0.5, 0.6) is 0 Å². The van der Waals surface area contributed by atoms with Crippen molar-refractivity contribution in [2.24, 2.45) is 0 Å². The van der Waals surface area contributed by atoms with Crippen molar-refractivity contribution in [1.29, 1.82) is 0 Å². The maximum atomic E-state index is 12.3. The summed E-state index contributed by atoms with van der Waals surface area (Å²) in [6.45, 7) is 3.42. The number of rotatable bonds is 7. The normalized spacial score (nSPS) is 9.83. The van der Waals surface area contributed by atoms with Gasteiger partial charge in [-0.05, 0) is 12.1 Å². The van der Waals surface area contributed by atoms with E-state index in [0.717, 1.165) is 0 Å². The number of carbonyl (C=O) groups excluding carboxylic acids is 3. The van der Waals surface area contributed by atoms with Crippen LogP contribution in [-0.2, 0) is 9.53 Å². The molecule has 0 unspecified atom stereocenters. The van der Waals surface area contributed by atoms with Crippen LogP contribution in [0.3, 0.4) is 0 Å². The molecule has 0 spiro atoms. The standard InChI is InChI=1S/C19H17NO4/c1-2-12-20-17(21)13-24-19(23)16-10-8-15(9-11-16)18(22)14-6-4-3-5-7-14/h2-11H,1,12-13H2,(H,20,21). The molecule has 0 radical (unpaired) electrons. The highest BCUT2D eigenvalue weighted by molar-refractivity contribution is 6.09. The van der Waals surface area contributed by atoms with E-state index >= 15 is 0 Å². The summed E-state index contributed by atoms with van der Waals surface area (Å²) in [7, 11) is 0. The Balaban J connectivity index is 1.96. The maximum Gasteiger partial charge on any atom is 0.338 e. The summed E-state index contributed by atoms with van der Waals surface area (Å²) in [6.07, 6.45) is 1.53. The minimum atomic E-state index is -0.623. The molecule has 5 nitrogen and oxygen atoms in total. The van der Waals surface area contributed by atoms with Gasteiger partial charge in [-0.2, -0.15) is 0 Å². The summed E-state index contributed by atoms with van der Waals surface area (Å²) < 4.78 is 4.90. The van der Waals surface area contributed by atoms with Gasteiger partial charge >= 0.3 is 5.97 Å². The van der Waals surface area contributed by atoms with Crippen LogP contribution in [-0.4, -0.2) is 30.8 Å². The molecule has 122 valence electrons. The first-order valence-corrected chi connectivity index (χ1v) is 7.36. The second-order valence-corrected chi connectivity index (χ2v) is 4.94. The Hall–Kier alpha value is -3.21. The van der Waals surface area contributed by atoms with Crippen LogP contribution in [0.2, 0.25) is 0 Å². The topological polar surface area (TPSA) is 72.5 Å². The summed E-state index contributed by atoms with van der Waals surface area (Å²) >= 11 is 0. The lowest BCUT2D eigenvalue weighted by atomic mass is 10.0. The van der Waals surface area contributed by atoms with Gasteiger partial charge in [0.1, 0.15) is 0 Å². The monoisotopic (exact) mass is 323 g/mol. The number of hydrogen-bond acceptors (Lipinski definition) is 4. The van der Waals surface area contributed by atoms with Crippen LogP contribution in [0.25, 0.3) is 0 Å². The van der Waals surface area contributed by atoms with Crippen molar-refractivity contribution in [2.45, 2.75) is 0 Å². The number of nitrogens with one attached hydrogen (secondary N) is 1. The molecule has 0 fully saturated rings. The van der Waals surface area contributed by atoms with Gasteiger partial charge in [-0.15, -0.1) is 6.58 Å². The average molecular weight is 323 g/mol. The zero-order valence-corrected chi connectivity index (χ0v) is 13.0. The Morgan fingerprint density at radius 1 is 0.917 bits per heavy atom. The number of benzene rings is 2. The van der Waals surface area contributed by atoms with Crippen LogP contribution in [0.4, 0.5) is 0 Å². The smallest absolute Gasteiger partial charge is 0.338 e. The van der Waals surface area contributed by atoms with Crippen molar-refractivity contribution in [2.75, 3.05) is 13.2 Å². The van der Waals surface area contributed by atoms with Crippen molar-refractivity contribution in [3.63, 3.8) is 0 Å². The fourth-order valence-corrected chi connectivity index (χ4v) is 1.97. The lowest BCUT2D eigenvalue weighted by Crippen LogP contribution is -2.28. The van der Waals surface area contributed by atoms with Crippen LogP contribution >= 0.6 is 0 Å². The zero-order valence-electron chi connectivity index (χ0n) is 13.0. The highest BCUT2D eigenvalue weighted by atomic mass is 16.5. The minimum absolute atomic E-state index is 0.126. The predicted octanol–water partition coefficient (Wildman–Crippen LogP) is 2.38. The third kappa shape index (κ3) is 4.64. The average Bonchev–Trinajstić information content (AvgIpc) is 2.64. The van der Waals surface area contributed by atoms with Gasteiger partial charge < -0.3 is 10.1 Å². The Kier molecular flexibility index (Phi) is 6.02. The fraction of sp³-hybridized carbons (Fsp3) is 0.105. The summed E-state index contributed by atoms with van der Waals surface area (Å²) in [5, 5.41) is 2.50. The molecule has 0 atom stereocenters. The lowest BCUT2D eigenvalue weighted by molar-refractivity contribution is -0.124. The molecule has 0 saturated heterocycles. The number of amides is 1. The van der Waals surface area contributed by atoms with Gasteiger partial charge in [0.2, 0.25) is 0 Å². The van der Waals surface area contributed by atoms with E-state index in [9.17, 15) is 14.4 Å². The second-order valence-electron chi connectivity index (χ2n) is 4.94. The number of esters is 1. The molecule has 2 aromatic rings. The highest BCUT2D eigenvalue weighted by Crippen LogP contribution is 2.11. The lowest BCUT2D eigenvalue weighted by Gasteiger charge is -2.06. The molecular formula is C19H17NO4. The third-order valence-corrected chi connectivity index (χ3v) is 3.20. The third-order valence-electron chi connectivity index (χ3n) is 3.20. The van der Waals surface area contributed by atoms with E-state index < -0.39 is 11.9 Å². The van der Waals surface area contributed by atoms with Gasteiger partial charge in [-0.3, -0.25) is 9.59 Å². The molecular weight excluding hydrogens is 306 g/mol. The van der Waals surface area contributed by atoms with Crippen LogP contribution in [0.15, 0.2) is 67.3 Å². The molecule has 2 rings (SSSR count). The summed E-state index contributed by atoms with van der Waals surface area (Å²) in [4.78, 5) is 35.5. The fourth-order valence-electron chi connectivity index (χ4n) is 1.97. The highest BCUT2D eigenvalue weighted by Gasteiger charge is 2.12. The summed E-state index contributed by atoms with van der Waals surface area (Å²) in [5.41, 5.74) is 1.32. The molecule has 1 amide bonds. The number of hydrogen-bond donors (Lipinski definition) is 1. The van der Waals surface area contributed by atoms with Gasteiger partial charge in [-0.25, -0.2) is 4.79 Å². The van der Waals surface area contributed by atoms with Crippen LogP contribution in [0, 0.1) is 0 Å². The molecule has 0 aromatic heterocycles. The number of ketones is 1. The first kappa shape index (κ1) is 17.1. The van der Waals surface area contributed by atoms with Gasteiger partial charge in [0.25, 0.3) is 5.91 Å². The zero-order chi connectivity index (χ0) is 17.4. The molecule has 0 aliphatic rings. The van der Waals surface area contributed by atoms with E-state index in [-0.39, 0.29) is 18.0 Å².